The van der Waals surface area contributed by atoms with Gasteiger partial charge in [-0.25, -0.2) is 0 Å². The first-order chi connectivity index (χ1) is 24.3. The van der Waals surface area contributed by atoms with Crippen LogP contribution in [0.4, 0.5) is 17.1 Å². The maximum atomic E-state index is 6.19. The minimum Gasteiger partial charge on any atom is -0.456 e. The van der Waals surface area contributed by atoms with Gasteiger partial charge >= 0.3 is 0 Å². The van der Waals surface area contributed by atoms with E-state index in [-0.39, 0.29) is 0 Å². The van der Waals surface area contributed by atoms with Crippen molar-refractivity contribution in [1.29, 1.82) is 0 Å². The summed E-state index contributed by atoms with van der Waals surface area (Å²) in [4.78, 5) is 2.42. The molecule has 0 saturated carbocycles. The summed E-state index contributed by atoms with van der Waals surface area (Å²) in [6.45, 7) is 0. The van der Waals surface area contributed by atoms with Gasteiger partial charge in [-0.3, -0.25) is 0 Å². The number of fused-ring (bicyclic) bond motifs is 7. The Bertz CT molecular complexity index is 2840. The zero-order chi connectivity index (χ0) is 32.3. The second-order valence-corrected chi connectivity index (χ2v) is 13.6. The van der Waals surface area contributed by atoms with Gasteiger partial charge in [-0.2, -0.15) is 0 Å². The van der Waals surface area contributed by atoms with E-state index in [4.69, 9.17) is 4.42 Å². The molecule has 230 valence electrons. The van der Waals surface area contributed by atoms with Gasteiger partial charge in [-0.05, 0) is 76.7 Å². The third kappa shape index (κ3) is 4.55. The summed E-state index contributed by atoms with van der Waals surface area (Å²) >= 11 is 1.86. The van der Waals surface area contributed by atoms with E-state index in [2.05, 4.69) is 169 Å². The molecular weight excluding hydrogens is 615 g/mol. The molecule has 10 aromatic rings. The maximum absolute atomic E-state index is 6.19. The lowest BCUT2D eigenvalue weighted by Crippen LogP contribution is -2.11. The van der Waals surface area contributed by atoms with Crippen molar-refractivity contribution in [3.8, 4) is 22.3 Å². The monoisotopic (exact) mass is 643 g/mol. The van der Waals surface area contributed by atoms with Crippen LogP contribution in [0.5, 0.6) is 0 Å². The number of rotatable bonds is 5. The second-order valence-electron chi connectivity index (χ2n) is 12.5. The summed E-state index contributed by atoms with van der Waals surface area (Å²) in [5, 5.41) is 7.31. The molecule has 0 unspecified atom stereocenters. The Labute approximate surface area is 287 Å². The van der Waals surface area contributed by atoms with Gasteiger partial charge in [0.2, 0.25) is 0 Å². The molecule has 2 heterocycles. The van der Waals surface area contributed by atoms with Crippen molar-refractivity contribution in [3.05, 3.63) is 176 Å². The highest BCUT2D eigenvalue weighted by atomic mass is 32.1. The van der Waals surface area contributed by atoms with E-state index in [9.17, 15) is 0 Å². The molecule has 0 aliphatic carbocycles. The second kappa shape index (κ2) is 11.2. The smallest absolute Gasteiger partial charge is 0.135 e. The van der Waals surface area contributed by atoms with Gasteiger partial charge in [0.1, 0.15) is 11.2 Å². The average Bonchev–Trinajstić information content (AvgIpc) is 3.74. The molecule has 0 aliphatic heterocycles. The predicted molar refractivity (Wildman–Crippen MR) is 210 cm³/mol. The van der Waals surface area contributed by atoms with Crippen molar-refractivity contribution >= 4 is 81.3 Å². The SMILES string of the molecule is c1ccc(N(c2ccc(-c3cccc4sc5ccccc5c34)cc2)c2cccc3ccccc23)c(-c2ccc3oc4ccccc4c3c2)c1. The van der Waals surface area contributed by atoms with E-state index >= 15 is 0 Å². The molecule has 0 aliphatic rings. The van der Waals surface area contributed by atoms with Crippen LogP contribution in [-0.2, 0) is 0 Å². The summed E-state index contributed by atoms with van der Waals surface area (Å²) in [5.41, 5.74) is 9.94. The highest BCUT2D eigenvalue weighted by molar-refractivity contribution is 7.25. The van der Waals surface area contributed by atoms with Gasteiger partial charge in [0.05, 0.1) is 11.4 Å². The standard InChI is InChI=1S/C46H29NOS/c1-2-13-34-30(11-1)12-9-19-41(34)47(33-26-23-31(24-27-33)36-17-10-22-45-46(36)38-16-5-8-21-44(38)49-45)40-18-6-3-14-35(40)32-25-28-43-39(29-32)37-15-4-7-20-42(37)48-43/h1-29H. The van der Waals surface area contributed by atoms with Gasteiger partial charge in [-0.15, -0.1) is 11.3 Å². The third-order valence-corrected chi connectivity index (χ3v) is 10.8. The van der Waals surface area contributed by atoms with Gasteiger partial charge in [-0.1, -0.05) is 121 Å². The molecule has 10 rings (SSSR count). The molecule has 2 aromatic heterocycles. The number of benzene rings is 8. The van der Waals surface area contributed by atoms with E-state index < -0.39 is 0 Å². The first-order valence-electron chi connectivity index (χ1n) is 16.6. The Hall–Kier alpha value is -6.16. The van der Waals surface area contributed by atoms with Crippen LogP contribution in [0, 0.1) is 0 Å². The number of hydrogen-bond donors (Lipinski definition) is 0. The number of furan rings is 1. The van der Waals surface area contributed by atoms with E-state index in [0.717, 1.165) is 50.1 Å². The fraction of sp³-hybridized carbons (Fsp3) is 0. The topological polar surface area (TPSA) is 16.4 Å². The van der Waals surface area contributed by atoms with Crippen LogP contribution in [0.25, 0.3) is 75.1 Å². The van der Waals surface area contributed by atoms with Crippen LogP contribution < -0.4 is 4.90 Å². The van der Waals surface area contributed by atoms with Crippen molar-refractivity contribution in [2.75, 3.05) is 4.90 Å². The zero-order valence-electron chi connectivity index (χ0n) is 26.5. The Balaban J connectivity index is 1.17. The van der Waals surface area contributed by atoms with Gasteiger partial charge in [0.15, 0.2) is 0 Å². The number of para-hydroxylation sites is 2. The highest BCUT2D eigenvalue weighted by Gasteiger charge is 2.20. The summed E-state index contributed by atoms with van der Waals surface area (Å²) in [7, 11) is 0. The summed E-state index contributed by atoms with van der Waals surface area (Å²) in [5.74, 6) is 0. The fourth-order valence-electron chi connectivity index (χ4n) is 7.42. The molecule has 0 saturated heterocycles. The number of thiophene rings is 1. The highest BCUT2D eigenvalue weighted by Crippen LogP contribution is 2.45. The van der Waals surface area contributed by atoms with Gasteiger partial charge in [0.25, 0.3) is 0 Å². The van der Waals surface area contributed by atoms with Crippen LogP contribution in [0.3, 0.4) is 0 Å². The van der Waals surface area contributed by atoms with Crippen LogP contribution in [0.1, 0.15) is 0 Å². The normalized spacial score (nSPS) is 11.7. The molecule has 2 nitrogen and oxygen atoms in total. The molecular formula is C46H29NOS. The third-order valence-electron chi connectivity index (χ3n) is 9.68. The average molecular weight is 644 g/mol. The minimum absolute atomic E-state index is 0.900. The first-order valence-corrected chi connectivity index (χ1v) is 17.4. The number of nitrogens with zero attached hydrogens (tertiary/aromatic N) is 1. The molecule has 0 N–H and O–H groups in total. The molecule has 0 atom stereocenters. The van der Waals surface area contributed by atoms with Crippen molar-refractivity contribution in [2.45, 2.75) is 0 Å². The zero-order valence-corrected chi connectivity index (χ0v) is 27.3. The van der Waals surface area contributed by atoms with E-state index in [1.54, 1.807) is 0 Å². The molecule has 0 amide bonds. The molecule has 0 radical (unpaired) electrons. The Morgan fingerprint density at radius 3 is 1.96 bits per heavy atom. The van der Waals surface area contributed by atoms with Crippen molar-refractivity contribution in [2.24, 2.45) is 0 Å². The fourth-order valence-corrected chi connectivity index (χ4v) is 8.56. The lowest BCUT2D eigenvalue weighted by molar-refractivity contribution is 0.669. The molecule has 49 heavy (non-hydrogen) atoms. The van der Waals surface area contributed by atoms with E-state index in [1.165, 1.54) is 42.1 Å². The lowest BCUT2D eigenvalue weighted by atomic mass is 9.97. The Morgan fingerprint density at radius 2 is 1.04 bits per heavy atom. The molecule has 3 heteroatoms. The predicted octanol–water partition coefficient (Wildman–Crippen LogP) is 13.9. The molecule has 0 fully saturated rings. The quantitative estimate of drug-likeness (QED) is 0.186. The maximum Gasteiger partial charge on any atom is 0.135 e. The number of hydrogen-bond acceptors (Lipinski definition) is 3. The van der Waals surface area contributed by atoms with Gasteiger partial charge in [0, 0.05) is 47.6 Å². The summed E-state index contributed by atoms with van der Waals surface area (Å²) < 4.78 is 8.83. The van der Waals surface area contributed by atoms with E-state index in [1.807, 2.05) is 23.5 Å². The minimum atomic E-state index is 0.900. The van der Waals surface area contributed by atoms with Crippen LogP contribution >= 0.6 is 11.3 Å². The molecule has 0 spiro atoms. The number of anilines is 3. The van der Waals surface area contributed by atoms with Crippen molar-refractivity contribution in [3.63, 3.8) is 0 Å². The molecule has 8 aromatic carbocycles. The van der Waals surface area contributed by atoms with Gasteiger partial charge < -0.3 is 9.32 Å². The Morgan fingerprint density at radius 1 is 0.408 bits per heavy atom. The largest absolute Gasteiger partial charge is 0.456 e. The van der Waals surface area contributed by atoms with Crippen LogP contribution in [0.15, 0.2) is 180 Å². The van der Waals surface area contributed by atoms with E-state index in [0.29, 0.717) is 0 Å². The Kier molecular flexibility index (Phi) is 6.39. The summed E-state index contributed by atoms with van der Waals surface area (Å²) in [6, 6.07) is 63.3. The lowest BCUT2D eigenvalue weighted by Gasteiger charge is -2.29. The van der Waals surface area contributed by atoms with Crippen LogP contribution in [0.2, 0.25) is 0 Å². The molecule has 0 bridgehead atoms. The van der Waals surface area contributed by atoms with Crippen molar-refractivity contribution < 1.29 is 4.42 Å². The van der Waals surface area contributed by atoms with Crippen molar-refractivity contribution in [1.82, 2.24) is 0 Å². The summed E-state index contributed by atoms with van der Waals surface area (Å²) in [6.07, 6.45) is 0. The van der Waals surface area contributed by atoms with Crippen LogP contribution in [-0.4, -0.2) is 0 Å². The first kappa shape index (κ1) is 27.9.